The average molecular weight is 221 g/mol. The Hall–Kier alpha value is -1.43. The minimum absolute atomic E-state index is 0.0329. The van der Waals surface area contributed by atoms with Crippen LogP contribution in [-0.4, -0.2) is 18.3 Å². The maximum absolute atomic E-state index is 12.4. The molecule has 0 unspecified atom stereocenters. The Balaban J connectivity index is 2.95. The summed E-state index contributed by atoms with van der Waals surface area (Å²) in [6.45, 7) is -0.313. The van der Waals surface area contributed by atoms with Crippen molar-refractivity contribution in [3.63, 3.8) is 0 Å². The van der Waals surface area contributed by atoms with Crippen molar-refractivity contribution in [2.45, 2.75) is 6.18 Å². The fourth-order valence-corrected chi connectivity index (χ4v) is 1.03. The highest BCUT2D eigenvalue weighted by atomic mass is 19.4. The molecule has 0 aliphatic heterocycles. The zero-order chi connectivity index (χ0) is 11.5. The summed E-state index contributed by atoms with van der Waals surface area (Å²) >= 11 is 0. The topological polar surface area (TPSA) is 55.5 Å². The second kappa shape index (κ2) is 4.39. The number of halogens is 3. The first kappa shape index (κ1) is 11.6. The van der Waals surface area contributed by atoms with E-state index >= 15 is 0 Å². The summed E-state index contributed by atoms with van der Waals surface area (Å²) in [5.41, 5.74) is 3.90. The number of rotatable bonds is 3. The lowest BCUT2D eigenvalue weighted by molar-refractivity contribution is -0.137. The van der Waals surface area contributed by atoms with E-state index < -0.39 is 11.7 Å². The van der Waals surface area contributed by atoms with Crippen molar-refractivity contribution in [1.29, 1.82) is 0 Å². The Morgan fingerprint density at radius 2 is 2.00 bits per heavy atom. The van der Waals surface area contributed by atoms with Gasteiger partial charge in [-0.1, -0.05) is 0 Å². The van der Waals surface area contributed by atoms with Crippen LogP contribution in [0.3, 0.4) is 0 Å². The molecule has 0 aliphatic carbocycles. The van der Waals surface area contributed by atoms with Crippen molar-refractivity contribution in [2.24, 2.45) is 0 Å². The molecule has 0 saturated heterocycles. The van der Waals surface area contributed by atoms with Crippen molar-refractivity contribution in [3.05, 3.63) is 23.8 Å². The predicted molar refractivity (Wildman–Crippen MR) is 48.4 cm³/mol. The molecule has 15 heavy (non-hydrogen) atoms. The van der Waals surface area contributed by atoms with Crippen LogP contribution < -0.4 is 10.5 Å². The van der Waals surface area contributed by atoms with Crippen LogP contribution in [0.4, 0.5) is 18.9 Å². The molecule has 0 saturated carbocycles. The number of ether oxygens (including phenoxy) is 1. The number of anilines is 1. The van der Waals surface area contributed by atoms with Gasteiger partial charge < -0.3 is 15.6 Å². The Kier molecular flexibility index (Phi) is 3.41. The molecule has 6 heteroatoms. The molecule has 0 radical (unpaired) electrons. The van der Waals surface area contributed by atoms with E-state index in [4.69, 9.17) is 15.6 Å². The van der Waals surface area contributed by atoms with Crippen molar-refractivity contribution in [3.8, 4) is 5.75 Å². The van der Waals surface area contributed by atoms with Crippen LogP contribution in [-0.2, 0) is 6.18 Å². The van der Waals surface area contributed by atoms with Crippen molar-refractivity contribution >= 4 is 5.69 Å². The second-order valence-corrected chi connectivity index (χ2v) is 2.82. The molecule has 0 spiro atoms. The maximum Gasteiger partial charge on any atom is 0.418 e. The summed E-state index contributed by atoms with van der Waals surface area (Å²) in [5.74, 6) is 0.0329. The van der Waals surface area contributed by atoms with E-state index in [0.29, 0.717) is 0 Å². The maximum atomic E-state index is 12.4. The van der Waals surface area contributed by atoms with Crippen molar-refractivity contribution in [2.75, 3.05) is 18.9 Å². The van der Waals surface area contributed by atoms with Crippen LogP contribution in [0.15, 0.2) is 18.2 Å². The zero-order valence-corrected chi connectivity index (χ0v) is 7.71. The van der Waals surface area contributed by atoms with E-state index in [1.54, 1.807) is 0 Å². The Morgan fingerprint density at radius 3 is 2.53 bits per heavy atom. The smallest absolute Gasteiger partial charge is 0.418 e. The van der Waals surface area contributed by atoms with Gasteiger partial charge in [-0.15, -0.1) is 0 Å². The van der Waals surface area contributed by atoms with Gasteiger partial charge in [0.15, 0.2) is 0 Å². The molecule has 1 aromatic rings. The minimum Gasteiger partial charge on any atom is -0.491 e. The third-order valence-corrected chi connectivity index (χ3v) is 1.69. The summed E-state index contributed by atoms with van der Waals surface area (Å²) in [7, 11) is 0. The van der Waals surface area contributed by atoms with Gasteiger partial charge >= 0.3 is 6.18 Å². The first-order valence-corrected chi connectivity index (χ1v) is 4.15. The standard InChI is InChI=1S/C9H10F3NO2/c10-9(11,12)7-5-6(15-4-3-14)1-2-8(7)13/h1-2,5,14H,3-4,13H2. The quantitative estimate of drug-likeness (QED) is 0.763. The van der Waals surface area contributed by atoms with Gasteiger partial charge in [-0.05, 0) is 18.2 Å². The third-order valence-electron chi connectivity index (χ3n) is 1.69. The molecule has 0 aliphatic rings. The van der Waals surface area contributed by atoms with Crippen LogP contribution in [0.5, 0.6) is 5.75 Å². The third kappa shape index (κ3) is 3.02. The lowest BCUT2D eigenvalue weighted by Crippen LogP contribution is -2.10. The molecule has 0 heterocycles. The van der Waals surface area contributed by atoms with Gasteiger partial charge in [-0.25, -0.2) is 0 Å². The van der Waals surface area contributed by atoms with E-state index in [0.717, 1.165) is 12.1 Å². The SMILES string of the molecule is Nc1ccc(OCCO)cc1C(F)(F)F. The van der Waals surface area contributed by atoms with Gasteiger partial charge in [0, 0.05) is 5.69 Å². The van der Waals surface area contributed by atoms with E-state index in [1.807, 2.05) is 0 Å². The molecular formula is C9H10F3NO2. The molecule has 0 aromatic heterocycles. The fourth-order valence-electron chi connectivity index (χ4n) is 1.03. The van der Waals surface area contributed by atoms with Crippen LogP contribution >= 0.6 is 0 Å². The summed E-state index contributed by atoms with van der Waals surface area (Å²) in [6, 6.07) is 3.25. The molecule has 1 rings (SSSR count). The van der Waals surface area contributed by atoms with Crippen molar-refractivity contribution < 1.29 is 23.0 Å². The number of benzene rings is 1. The Bertz CT molecular complexity index is 339. The fraction of sp³-hybridized carbons (Fsp3) is 0.333. The predicted octanol–water partition coefficient (Wildman–Crippen LogP) is 1.66. The van der Waals surface area contributed by atoms with Gasteiger partial charge in [0.2, 0.25) is 0 Å². The second-order valence-electron chi connectivity index (χ2n) is 2.82. The molecule has 0 atom stereocenters. The molecule has 0 fully saturated rings. The number of nitrogen functional groups attached to an aromatic ring is 1. The highest BCUT2D eigenvalue weighted by Gasteiger charge is 2.33. The van der Waals surface area contributed by atoms with Gasteiger partial charge in [-0.2, -0.15) is 13.2 Å². The number of nitrogens with two attached hydrogens (primary N) is 1. The minimum atomic E-state index is -4.50. The Morgan fingerprint density at radius 1 is 1.33 bits per heavy atom. The molecule has 3 nitrogen and oxygen atoms in total. The number of aliphatic hydroxyl groups is 1. The normalized spacial score (nSPS) is 11.5. The monoisotopic (exact) mass is 221 g/mol. The van der Waals surface area contributed by atoms with Crippen LogP contribution in [0.2, 0.25) is 0 Å². The number of hydrogen-bond donors (Lipinski definition) is 2. The summed E-state index contributed by atoms with van der Waals surface area (Å²) in [6.07, 6.45) is -4.50. The number of hydrogen-bond acceptors (Lipinski definition) is 3. The Labute approximate surface area is 84.3 Å². The lowest BCUT2D eigenvalue weighted by Gasteiger charge is -2.12. The van der Waals surface area contributed by atoms with Gasteiger partial charge in [0.1, 0.15) is 12.4 Å². The van der Waals surface area contributed by atoms with Crippen LogP contribution in [0, 0.1) is 0 Å². The molecule has 0 bridgehead atoms. The largest absolute Gasteiger partial charge is 0.491 e. The highest BCUT2D eigenvalue weighted by Crippen LogP contribution is 2.35. The highest BCUT2D eigenvalue weighted by molar-refractivity contribution is 5.51. The van der Waals surface area contributed by atoms with Gasteiger partial charge in [-0.3, -0.25) is 0 Å². The van der Waals surface area contributed by atoms with Gasteiger partial charge in [0.05, 0.1) is 12.2 Å². The number of alkyl halides is 3. The average Bonchev–Trinajstić information content (AvgIpc) is 2.15. The molecular weight excluding hydrogens is 211 g/mol. The lowest BCUT2D eigenvalue weighted by atomic mass is 10.1. The molecule has 1 aromatic carbocycles. The van der Waals surface area contributed by atoms with E-state index in [-0.39, 0.29) is 24.7 Å². The zero-order valence-electron chi connectivity index (χ0n) is 7.71. The first-order valence-electron chi connectivity index (χ1n) is 4.15. The van der Waals surface area contributed by atoms with Crippen LogP contribution in [0.25, 0.3) is 0 Å². The van der Waals surface area contributed by atoms with Crippen LogP contribution in [0.1, 0.15) is 5.56 Å². The van der Waals surface area contributed by atoms with E-state index in [9.17, 15) is 13.2 Å². The van der Waals surface area contributed by atoms with E-state index in [1.165, 1.54) is 6.07 Å². The van der Waals surface area contributed by atoms with Crippen molar-refractivity contribution in [1.82, 2.24) is 0 Å². The molecule has 84 valence electrons. The number of aliphatic hydroxyl groups excluding tert-OH is 1. The summed E-state index contributed by atoms with van der Waals surface area (Å²) in [4.78, 5) is 0. The summed E-state index contributed by atoms with van der Waals surface area (Å²) < 4.78 is 41.9. The van der Waals surface area contributed by atoms with Gasteiger partial charge in [0.25, 0.3) is 0 Å². The molecule has 0 amide bonds. The van der Waals surface area contributed by atoms with E-state index in [2.05, 4.69) is 0 Å². The first-order chi connectivity index (χ1) is 6.95. The molecule has 3 N–H and O–H groups in total. The summed E-state index contributed by atoms with van der Waals surface area (Å²) in [5, 5.41) is 8.44.